The topological polar surface area (TPSA) is 87.4 Å². The van der Waals surface area contributed by atoms with E-state index in [1.165, 1.54) is 11.0 Å². The molecule has 172 valence electrons. The maximum Gasteiger partial charge on any atom is 0.416 e. The summed E-state index contributed by atoms with van der Waals surface area (Å²) in [6.07, 6.45) is -2.04. The number of guanidine groups is 1. The molecule has 8 nitrogen and oxygen atoms in total. The summed E-state index contributed by atoms with van der Waals surface area (Å²) in [7, 11) is 3.27. The SMILES string of the molecule is CCc1nncn1CCNC(=NCc1cccc(C(F)(F)F)c1)NCC(=O)N(C)C.I. The predicted molar refractivity (Wildman–Crippen MR) is 122 cm³/mol. The van der Waals surface area contributed by atoms with Gasteiger partial charge in [-0.3, -0.25) is 4.79 Å². The van der Waals surface area contributed by atoms with Crippen LogP contribution in [0.25, 0.3) is 0 Å². The summed E-state index contributed by atoms with van der Waals surface area (Å²) in [6, 6.07) is 5.01. The molecule has 0 spiro atoms. The van der Waals surface area contributed by atoms with Gasteiger partial charge >= 0.3 is 6.18 Å². The van der Waals surface area contributed by atoms with Crippen LogP contribution in [-0.4, -0.2) is 58.7 Å². The molecule has 0 unspecified atom stereocenters. The van der Waals surface area contributed by atoms with Gasteiger partial charge in [-0.2, -0.15) is 13.2 Å². The van der Waals surface area contributed by atoms with E-state index in [1.807, 2.05) is 11.5 Å². The monoisotopic (exact) mass is 553 g/mol. The van der Waals surface area contributed by atoms with E-state index in [0.717, 1.165) is 24.4 Å². The number of rotatable bonds is 8. The first kappa shape index (κ1) is 26.7. The largest absolute Gasteiger partial charge is 0.416 e. The van der Waals surface area contributed by atoms with E-state index in [9.17, 15) is 18.0 Å². The van der Waals surface area contributed by atoms with E-state index >= 15 is 0 Å². The smallest absolute Gasteiger partial charge is 0.355 e. The Kier molecular flexibility index (Phi) is 10.7. The van der Waals surface area contributed by atoms with Crippen molar-refractivity contribution in [2.45, 2.75) is 32.6 Å². The first-order valence-electron chi connectivity index (χ1n) is 9.46. The number of nitrogens with one attached hydrogen (secondary N) is 2. The van der Waals surface area contributed by atoms with E-state index in [2.05, 4.69) is 25.8 Å². The second kappa shape index (κ2) is 12.5. The van der Waals surface area contributed by atoms with E-state index in [1.54, 1.807) is 26.5 Å². The second-order valence-corrected chi connectivity index (χ2v) is 6.73. The third-order valence-corrected chi connectivity index (χ3v) is 4.24. The summed E-state index contributed by atoms with van der Waals surface area (Å²) < 4.78 is 40.6. The molecule has 0 bridgehead atoms. The van der Waals surface area contributed by atoms with E-state index in [4.69, 9.17) is 0 Å². The van der Waals surface area contributed by atoms with Crippen LogP contribution in [0.15, 0.2) is 35.6 Å². The van der Waals surface area contributed by atoms with Crippen LogP contribution < -0.4 is 10.6 Å². The Balaban J connectivity index is 0.00000480. The standard InChI is InChI=1S/C19H26F3N7O.HI/c1-4-16-27-26-13-29(16)9-8-23-18(25-12-17(30)28(2)3)24-11-14-6-5-7-15(10-14)19(20,21)22;/h5-7,10,13H,4,8-9,11-12H2,1-3H3,(H2,23,24,25);1H. The first-order chi connectivity index (χ1) is 14.2. The van der Waals surface area contributed by atoms with E-state index in [0.29, 0.717) is 24.6 Å². The number of carbonyl (C=O) groups excluding carboxylic acids is 1. The highest BCUT2D eigenvalue weighted by atomic mass is 127. The van der Waals surface area contributed by atoms with Crippen molar-refractivity contribution in [3.8, 4) is 0 Å². The number of aliphatic imine (C=N–C) groups is 1. The molecule has 0 radical (unpaired) electrons. The molecule has 0 atom stereocenters. The average molecular weight is 553 g/mol. The molecule has 1 amide bonds. The summed E-state index contributed by atoms with van der Waals surface area (Å²) in [6.45, 7) is 3.05. The first-order valence-corrected chi connectivity index (χ1v) is 9.46. The zero-order valence-electron chi connectivity index (χ0n) is 17.6. The molecule has 1 aromatic carbocycles. The van der Waals surface area contributed by atoms with Gasteiger partial charge in [0.15, 0.2) is 5.96 Å². The second-order valence-electron chi connectivity index (χ2n) is 6.73. The number of carbonyl (C=O) groups is 1. The number of hydrogen-bond acceptors (Lipinski definition) is 4. The van der Waals surface area contributed by atoms with Crippen LogP contribution in [0.4, 0.5) is 13.2 Å². The van der Waals surface area contributed by atoms with Crippen LogP contribution in [0.2, 0.25) is 0 Å². The molecule has 0 saturated carbocycles. The van der Waals surface area contributed by atoms with Gasteiger partial charge in [0.1, 0.15) is 12.2 Å². The number of hydrogen-bond donors (Lipinski definition) is 2. The number of amides is 1. The quantitative estimate of drug-likeness (QED) is 0.298. The highest BCUT2D eigenvalue weighted by Crippen LogP contribution is 2.29. The van der Waals surface area contributed by atoms with Crippen molar-refractivity contribution in [3.63, 3.8) is 0 Å². The number of aryl methyl sites for hydroxylation is 1. The fourth-order valence-electron chi connectivity index (χ4n) is 2.54. The zero-order chi connectivity index (χ0) is 22.1. The fraction of sp³-hybridized carbons (Fsp3) is 0.474. The number of nitrogens with zero attached hydrogens (tertiary/aromatic N) is 5. The average Bonchev–Trinajstić information content (AvgIpc) is 3.16. The Labute approximate surface area is 196 Å². The number of likely N-dealkylation sites (N-methyl/N-ethyl adjacent to an activating group) is 1. The highest BCUT2D eigenvalue weighted by Gasteiger charge is 2.30. The molecule has 2 aromatic rings. The molecule has 0 saturated heterocycles. The lowest BCUT2D eigenvalue weighted by atomic mass is 10.1. The molecule has 31 heavy (non-hydrogen) atoms. The van der Waals surface area contributed by atoms with Gasteiger partial charge in [0.05, 0.1) is 18.7 Å². The van der Waals surface area contributed by atoms with Crippen molar-refractivity contribution in [2.24, 2.45) is 4.99 Å². The highest BCUT2D eigenvalue weighted by molar-refractivity contribution is 14.0. The Bertz CT molecular complexity index is 868. The molecule has 0 aliphatic carbocycles. The maximum absolute atomic E-state index is 12.9. The Morgan fingerprint density at radius 3 is 2.65 bits per heavy atom. The number of alkyl halides is 3. The summed E-state index contributed by atoms with van der Waals surface area (Å²) in [5.41, 5.74) is -0.308. The number of aromatic nitrogens is 3. The van der Waals surface area contributed by atoms with Crippen molar-refractivity contribution in [2.75, 3.05) is 27.2 Å². The minimum Gasteiger partial charge on any atom is -0.355 e. The van der Waals surface area contributed by atoms with Gasteiger partial charge in [0.2, 0.25) is 5.91 Å². The van der Waals surface area contributed by atoms with Crippen LogP contribution in [-0.2, 0) is 30.5 Å². The lowest BCUT2D eigenvalue weighted by Gasteiger charge is -2.15. The molecular weight excluding hydrogens is 526 g/mol. The van der Waals surface area contributed by atoms with Gasteiger partial charge in [-0.05, 0) is 17.7 Å². The molecule has 0 aliphatic rings. The van der Waals surface area contributed by atoms with Crippen molar-refractivity contribution < 1.29 is 18.0 Å². The number of halogens is 4. The molecule has 0 aliphatic heterocycles. The van der Waals surface area contributed by atoms with Gasteiger partial charge in [-0.25, -0.2) is 4.99 Å². The minimum absolute atomic E-state index is 0. The minimum atomic E-state index is -4.41. The third-order valence-electron chi connectivity index (χ3n) is 4.24. The molecule has 1 aromatic heterocycles. The molecule has 12 heteroatoms. The molecule has 2 N–H and O–H groups in total. The summed E-state index contributed by atoms with van der Waals surface area (Å²) in [4.78, 5) is 17.6. The van der Waals surface area contributed by atoms with Gasteiger partial charge in [0.25, 0.3) is 0 Å². The molecule has 1 heterocycles. The van der Waals surface area contributed by atoms with Crippen LogP contribution in [0, 0.1) is 0 Å². The summed E-state index contributed by atoms with van der Waals surface area (Å²) in [5.74, 6) is 1.01. The third kappa shape index (κ3) is 8.71. The Morgan fingerprint density at radius 1 is 1.26 bits per heavy atom. The fourth-order valence-corrected chi connectivity index (χ4v) is 2.54. The normalized spacial score (nSPS) is 11.6. The van der Waals surface area contributed by atoms with E-state index < -0.39 is 11.7 Å². The predicted octanol–water partition coefficient (Wildman–Crippen LogP) is 2.30. The van der Waals surface area contributed by atoms with Gasteiger partial charge in [0, 0.05) is 33.6 Å². The van der Waals surface area contributed by atoms with Crippen LogP contribution in [0.5, 0.6) is 0 Å². The van der Waals surface area contributed by atoms with Crippen LogP contribution >= 0.6 is 24.0 Å². The lowest BCUT2D eigenvalue weighted by molar-refractivity contribution is -0.137. The summed E-state index contributed by atoms with van der Waals surface area (Å²) >= 11 is 0. The lowest BCUT2D eigenvalue weighted by Crippen LogP contribution is -2.43. The molecule has 0 fully saturated rings. The zero-order valence-corrected chi connectivity index (χ0v) is 19.9. The Hall–Kier alpha value is -2.38. The van der Waals surface area contributed by atoms with Crippen LogP contribution in [0.3, 0.4) is 0 Å². The maximum atomic E-state index is 12.9. The molecule has 2 rings (SSSR count). The number of benzene rings is 1. The summed E-state index contributed by atoms with van der Waals surface area (Å²) in [5, 5.41) is 13.9. The van der Waals surface area contributed by atoms with Gasteiger partial charge in [-0.15, -0.1) is 34.2 Å². The van der Waals surface area contributed by atoms with Crippen molar-refractivity contribution in [1.82, 2.24) is 30.3 Å². The van der Waals surface area contributed by atoms with E-state index in [-0.39, 0.29) is 43.0 Å². The van der Waals surface area contributed by atoms with Crippen molar-refractivity contribution >= 4 is 35.8 Å². The van der Waals surface area contributed by atoms with Crippen LogP contribution in [0.1, 0.15) is 23.9 Å². The molecular formula is C19H27F3IN7O. The van der Waals surface area contributed by atoms with Gasteiger partial charge < -0.3 is 20.1 Å². The van der Waals surface area contributed by atoms with Crippen molar-refractivity contribution in [1.29, 1.82) is 0 Å². The Morgan fingerprint density at radius 2 is 2.00 bits per heavy atom. The van der Waals surface area contributed by atoms with Crippen molar-refractivity contribution in [3.05, 3.63) is 47.5 Å². The van der Waals surface area contributed by atoms with Gasteiger partial charge in [-0.1, -0.05) is 19.1 Å².